The molecule has 2 aromatic heterocycles. The van der Waals surface area contributed by atoms with Gasteiger partial charge in [0.1, 0.15) is 24.6 Å². The van der Waals surface area contributed by atoms with E-state index in [0.29, 0.717) is 66.6 Å². The molecule has 370 valence electrons. The SMILES string of the molecule is CC1=C(c2ccc(O)c(OCCN(C)C)c2)C(=O)n2nc(-c3ccccc3)c(-c3ccccc3)c2C1.COc1ccc(C2=C(C)Cc3c(-c4ccccc4)c(-c4ccccc4)nn3C2=O)cc1OCCN(C)C. The summed E-state index contributed by atoms with van der Waals surface area (Å²) in [4.78, 5) is 31.9. The van der Waals surface area contributed by atoms with Crippen LogP contribution < -0.4 is 14.2 Å². The fraction of sp³-hybridized carbons (Fsp3) is 0.213. The molecule has 4 heterocycles. The van der Waals surface area contributed by atoms with Crippen LogP contribution in [-0.4, -0.2) is 108 Å². The summed E-state index contributed by atoms with van der Waals surface area (Å²) in [6.45, 7) is 6.45. The van der Waals surface area contributed by atoms with Gasteiger partial charge in [-0.05, 0) is 88.6 Å². The number of hydrogen-bond donors (Lipinski definition) is 1. The molecule has 2 aliphatic rings. The predicted octanol–water partition coefficient (Wildman–Crippen LogP) is 11.4. The van der Waals surface area contributed by atoms with Crippen molar-refractivity contribution in [3.63, 3.8) is 0 Å². The Bertz CT molecular complexity index is 3340. The standard InChI is InChI=1S/C31H31N3O3.C30H29N3O3/c1-21-19-25-29(22-11-7-5-8-12-22)30(23-13-9-6-10-14-23)32-34(25)31(35)28(21)24-15-16-26(36-4)27(20-24)37-18-17-33(2)3;1-20-18-24-28(21-10-6-4-7-11-21)29(22-12-8-5-9-13-22)31-33(24)30(35)27(20)23-14-15-25(34)26(19-23)36-17-16-32(2)3/h5-16,20H,17-19H2,1-4H3;4-15,19,34H,16-18H2,1-3H3. The lowest BCUT2D eigenvalue weighted by Gasteiger charge is -2.21. The lowest BCUT2D eigenvalue weighted by Crippen LogP contribution is -2.23. The highest BCUT2D eigenvalue weighted by Gasteiger charge is 2.33. The molecular weight excluding hydrogens is 913 g/mol. The first-order valence-electron chi connectivity index (χ1n) is 24.4. The fourth-order valence-corrected chi connectivity index (χ4v) is 9.38. The summed E-state index contributed by atoms with van der Waals surface area (Å²) in [7, 11) is 9.55. The Labute approximate surface area is 427 Å². The molecule has 0 aliphatic carbocycles. The lowest BCUT2D eigenvalue weighted by atomic mass is 9.90. The number of phenols is 1. The van der Waals surface area contributed by atoms with Gasteiger partial charge < -0.3 is 29.1 Å². The molecule has 0 amide bonds. The zero-order chi connectivity index (χ0) is 51.2. The van der Waals surface area contributed by atoms with Crippen molar-refractivity contribution in [3.05, 3.63) is 191 Å². The highest BCUT2D eigenvalue weighted by molar-refractivity contribution is 6.23. The van der Waals surface area contributed by atoms with Crippen molar-refractivity contribution in [1.29, 1.82) is 0 Å². The molecule has 0 unspecified atom stereocenters. The molecular formula is C61H60N6O6. The average Bonchev–Trinajstić information content (AvgIpc) is 3.98. The minimum absolute atomic E-state index is 0.0523. The van der Waals surface area contributed by atoms with Gasteiger partial charge in [0.15, 0.2) is 23.0 Å². The number of ether oxygens (including phenoxy) is 3. The first kappa shape index (κ1) is 49.7. The Morgan fingerprint density at radius 2 is 0.877 bits per heavy atom. The van der Waals surface area contributed by atoms with Crippen molar-refractivity contribution in [2.45, 2.75) is 26.7 Å². The lowest BCUT2D eigenvalue weighted by molar-refractivity contribution is 0.0950. The highest BCUT2D eigenvalue weighted by Crippen LogP contribution is 2.43. The van der Waals surface area contributed by atoms with E-state index in [1.807, 2.05) is 162 Å². The number of allylic oxidation sites excluding steroid dienone is 4. The van der Waals surface area contributed by atoms with Crippen LogP contribution >= 0.6 is 0 Å². The number of rotatable bonds is 15. The molecule has 6 aromatic carbocycles. The van der Waals surface area contributed by atoms with Gasteiger partial charge in [-0.1, -0.05) is 145 Å². The summed E-state index contributed by atoms with van der Waals surface area (Å²) in [5.74, 6) is 1.36. The minimum atomic E-state index is -0.182. The molecule has 0 fully saturated rings. The van der Waals surface area contributed by atoms with E-state index in [9.17, 15) is 14.7 Å². The molecule has 1 N–H and O–H groups in total. The molecule has 12 nitrogen and oxygen atoms in total. The summed E-state index contributed by atoms with van der Waals surface area (Å²) in [6, 6.07) is 51.0. The van der Waals surface area contributed by atoms with Crippen LogP contribution in [0.15, 0.2) is 169 Å². The molecule has 0 spiro atoms. The van der Waals surface area contributed by atoms with Crippen LogP contribution in [0.4, 0.5) is 0 Å². The number of fused-ring (bicyclic) bond motifs is 2. The Morgan fingerprint density at radius 1 is 0.493 bits per heavy atom. The fourth-order valence-electron chi connectivity index (χ4n) is 9.38. The van der Waals surface area contributed by atoms with Crippen LogP contribution in [0.1, 0.15) is 46.0 Å². The van der Waals surface area contributed by atoms with Crippen molar-refractivity contribution >= 4 is 23.0 Å². The number of aromatic nitrogens is 4. The smallest absolute Gasteiger partial charge is 0.279 e. The van der Waals surface area contributed by atoms with Gasteiger partial charge in [-0.3, -0.25) is 9.59 Å². The number of methoxy groups -OCH3 is 1. The summed E-state index contributed by atoms with van der Waals surface area (Å²) in [5, 5.41) is 20.1. The third kappa shape index (κ3) is 10.5. The van der Waals surface area contributed by atoms with Gasteiger partial charge in [0.2, 0.25) is 0 Å². The van der Waals surface area contributed by atoms with Gasteiger partial charge in [0, 0.05) is 59.3 Å². The van der Waals surface area contributed by atoms with Crippen LogP contribution in [0.3, 0.4) is 0 Å². The zero-order valence-corrected chi connectivity index (χ0v) is 42.4. The minimum Gasteiger partial charge on any atom is -0.504 e. The van der Waals surface area contributed by atoms with E-state index < -0.39 is 0 Å². The second-order valence-corrected chi connectivity index (χ2v) is 18.8. The van der Waals surface area contributed by atoms with Gasteiger partial charge >= 0.3 is 0 Å². The van der Waals surface area contributed by atoms with E-state index >= 15 is 0 Å². The second-order valence-electron chi connectivity index (χ2n) is 18.8. The van der Waals surface area contributed by atoms with Gasteiger partial charge in [-0.2, -0.15) is 19.6 Å². The first-order chi connectivity index (χ1) is 35.4. The number of aromatic hydroxyl groups is 1. The Balaban J connectivity index is 0.000000180. The number of carbonyl (C=O) groups is 2. The van der Waals surface area contributed by atoms with E-state index in [2.05, 4.69) is 29.2 Å². The number of nitrogens with zero attached hydrogens (tertiary/aromatic N) is 6. The van der Waals surface area contributed by atoms with Crippen molar-refractivity contribution in [2.75, 3.05) is 61.6 Å². The molecule has 0 saturated carbocycles. The maximum absolute atomic E-state index is 14.0. The van der Waals surface area contributed by atoms with Gasteiger partial charge in [-0.25, -0.2) is 0 Å². The number of hydrogen-bond acceptors (Lipinski definition) is 10. The molecule has 10 rings (SSSR count). The Kier molecular flexibility index (Phi) is 15.0. The molecule has 2 aliphatic heterocycles. The summed E-state index contributed by atoms with van der Waals surface area (Å²) < 4.78 is 20.5. The summed E-state index contributed by atoms with van der Waals surface area (Å²) in [5.41, 5.74) is 14.1. The second kappa shape index (κ2) is 22.0. The quantitative estimate of drug-likeness (QED) is 0.106. The van der Waals surface area contributed by atoms with E-state index in [1.165, 1.54) is 0 Å². The van der Waals surface area contributed by atoms with Crippen molar-refractivity contribution < 1.29 is 28.9 Å². The molecule has 0 bridgehead atoms. The monoisotopic (exact) mass is 972 g/mol. The number of phenolic OH excluding ortho intramolecular Hbond substituents is 1. The third-order valence-corrected chi connectivity index (χ3v) is 13.0. The summed E-state index contributed by atoms with van der Waals surface area (Å²) >= 11 is 0. The third-order valence-electron chi connectivity index (χ3n) is 13.0. The van der Waals surface area contributed by atoms with Crippen molar-refractivity contribution in [1.82, 2.24) is 29.4 Å². The van der Waals surface area contributed by atoms with Gasteiger partial charge in [-0.15, -0.1) is 0 Å². The molecule has 73 heavy (non-hydrogen) atoms. The van der Waals surface area contributed by atoms with Crippen LogP contribution in [0.5, 0.6) is 23.0 Å². The van der Waals surface area contributed by atoms with E-state index in [0.717, 1.165) is 79.4 Å². The maximum atomic E-state index is 14.0. The Hall–Kier alpha value is -8.32. The maximum Gasteiger partial charge on any atom is 0.279 e. The van der Waals surface area contributed by atoms with Crippen molar-refractivity contribution in [2.24, 2.45) is 0 Å². The number of carbonyl (C=O) groups excluding carboxylic acids is 2. The average molecular weight is 973 g/mol. The van der Waals surface area contributed by atoms with Crippen LogP contribution in [-0.2, 0) is 12.8 Å². The number of benzene rings is 6. The predicted molar refractivity (Wildman–Crippen MR) is 289 cm³/mol. The van der Waals surface area contributed by atoms with Gasteiger partial charge in [0.05, 0.1) is 18.5 Å². The first-order valence-corrected chi connectivity index (χ1v) is 24.4. The van der Waals surface area contributed by atoms with E-state index in [4.69, 9.17) is 24.4 Å². The van der Waals surface area contributed by atoms with E-state index in [-0.39, 0.29) is 17.6 Å². The van der Waals surface area contributed by atoms with Crippen LogP contribution in [0, 0.1) is 0 Å². The topological polar surface area (TPSA) is 124 Å². The van der Waals surface area contributed by atoms with Crippen LogP contribution in [0.2, 0.25) is 0 Å². The van der Waals surface area contributed by atoms with Crippen LogP contribution in [0.25, 0.3) is 55.9 Å². The molecule has 8 aromatic rings. The van der Waals surface area contributed by atoms with Gasteiger partial charge in [0.25, 0.3) is 11.8 Å². The normalized spacial score (nSPS) is 13.2. The highest BCUT2D eigenvalue weighted by atomic mass is 16.5. The van der Waals surface area contributed by atoms with Crippen molar-refractivity contribution in [3.8, 4) is 67.8 Å². The Morgan fingerprint density at radius 3 is 1.29 bits per heavy atom. The van der Waals surface area contributed by atoms with E-state index in [1.54, 1.807) is 34.7 Å². The molecule has 0 radical (unpaired) electrons. The molecule has 0 atom stereocenters. The number of likely N-dealkylation sites (N-methyl/N-ethyl adjacent to an activating group) is 2. The molecule has 0 saturated heterocycles. The molecule has 12 heteroatoms. The summed E-state index contributed by atoms with van der Waals surface area (Å²) in [6.07, 6.45) is 1.21. The zero-order valence-electron chi connectivity index (χ0n) is 42.4. The largest absolute Gasteiger partial charge is 0.504 e.